The standard InChI is InChI=1S/C27H20ClFN2O6S/c1-36-26(34)19-13-18(10-11-20(19)28)30-24(32)14-31-25(33)23(38-27(31)35)12-16-6-3-5-9-22(16)37-15-17-7-2-4-8-21(17)29/h2-13H,14-15H2,1H3,(H,30,32)/b23-12+. The summed E-state index contributed by atoms with van der Waals surface area (Å²) < 4.78 is 24.4. The third-order valence-corrected chi connectivity index (χ3v) is 6.61. The van der Waals surface area contributed by atoms with Crippen LogP contribution in [0.4, 0.5) is 14.9 Å². The van der Waals surface area contributed by atoms with Crippen LogP contribution < -0.4 is 10.1 Å². The Morgan fingerprint density at radius 2 is 1.82 bits per heavy atom. The van der Waals surface area contributed by atoms with Crippen LogP contribution in [-0.4, -0.2) is 41.6 Å². The maximum absolute atomic E-state index is 13.9. The van der Waals surface area contributed by atoms with Gasteiger partial charge in [-0.05, 0) is 48.2 Å². The number of esters is 1. The molecule has 4 rings (SSSR count). The molecule has 0 saturated carbocycles. The molecule has 1 heterocycles. The normalized spacial score (nSPS) is 14.1. The number of methoxy groups -OCH3 is 1. The number of thioether (sulfide) groups is 1. The fourth-order valence-electron chi connectivity index (χ4n) is 3.49. The number of halogens is 2. The molecule has 194 valence electrons. The number of para-hydroxylation sites is 1. The highest BCUT2D eigenvalue weighted by atomic mass is 35.5. The minimum atomic E-state index is -0.680. The van der Waals surface area contributed by atoms with Crippen molar-refractivity contribution in [2.24, 2.45) is 0 Å². The molecule has 0 unspecified atom stereocenters. The van der Waals surface area contributed by atoms with Crippen molar-refractivity contribution in [3.05, 3.63) is 99.2 Å². The van der Waals surface area contributed by atoms with Crippen LogP contribution in [0.3, 0.4) is 0 Å². The van der Waals surface area contributed by atoms with Crippen molar-refractivity contribution in [3.8, 4) is 5.75 Å². The lowest BCUT2D eigenvalue weighted by Gasteiger charge is -2.13. The number of hydrogen-bond acceptors (Lipinski definition) is 7. The molecule has 11 heteroatoms. The first-order chi connectivity index (χ1) is 18.3. The molecule has 0 atom stereocenters. The number of anilines is 1. The average Bonchev–Trinajstić information content (AvgIpc) is 3.16. The molecular weight excluding hydrogens is 535 g/mol. The topological polar surface area (TPSA) is 102 Å². The maximum atomic E-state index is 13.9. The summed E-state index contributed by atoms with van der Waals surface area (Å²) >= 11 is 6.67. The van der Waals surface area contributed by atoms with E-state index < -0.39 is 35.4 Å². The number of carbonyl (C=O) groups is 4. The molecule has 1 aliphatic rings. The number of nitrogens with zero attached hydrogens (tertiary/aromatic N) is 1. The van der Waals surface area contributed by atoms with Crippen LogP contribution >= 0.6 is 23.4 Å². The smallest absolute Gasteiger partial charge is 0.339 e. The van der Waals surface area contributed by atoms with E-state index in [2.05, 4.69) is 10.1 Å². The Bertz CT molecular complexity index is 1460. The van der Waals surface area contributed by atoms with Gasteiger partial charge in [0.2, 0.25) is 5.91 Å². The molecule has 0 bridgehead atoms. The van der Waals surface area contributed by atoms with Crippen LogP contribution in [0.15, 0.2) is 71.6 Å². The Morgan fingerprint density at radius 3 is 2.58 bits per heavy atom. The second-order valence-corrected chi connectivity index (χ2v) is 9.32. The lowest BCUT2D eigenvalue weighted by molar-refractivity contribution is -0.127. The first-order valence-corrected chi connectivity index (χ1v) is 12.3. The number of carbonyl (C=O) groups excluding carboxylic acids is 4. The van der Waals surface area contributed by atoms with E-state index in [4.69, 9.17) is 16.3 Å². The van der Waals surface area contributed by atoms with E-state index in [1.54, 1.807) is 42.5 Å². The highest BCUT2D eigenvalue weighted by Crippen LogP contribution is 2.34. The van der Waals surface area contributed by atoms with Crippen LogP contribution in [0.5, 0.6) is 5.75 Å². The summed E-state index contributed by atoms with van der Waals surface area (Å²) in [5, 5.41) is 2.06. The van der Waals surface area contributed by atoms with Crippen LogP contribution in [0, 0.1) is 5.82 Å². The number of hydrogen-bond donors (Lipinski definition) is 1. The molecule has 0 radical (unpaired) electrons. The van der Waals surface area contributed by atoms with Crippen LogP contribution in [0.25, 0.3) is 6.08 Å². The van der Waals surface area contributed by atoms with Gasteiger partial charge >= 0.3 is 5.97 Å². The number of amides is 3. The van der Waals surface area contributed by atoms with Gasteiger partial charge in [-0.1, -0.05) is 48.0 Å². The summed E-state index contributed by atoms with van der Waals surface area (Å²) in [6.45, 7) is -0.564. The third kappa shape index (κ3) is 6.21. The molecule has 3 aromatic carbocycles. The van der Waals surface area contributed by atoms with Gasteiger partial charge in [0.25, 0.3) is 11.1 Å². The molecule has 3 amide bonds. The van der Waals surface area contributed by atoms with E-state index in [1.807, 2.05) is 0 Å². The van der Waals surface area contributed by atoms with Crippen molar-refractivity contribution in [2.45, 2.75) is 6.61 Å². The van der Waals surface area contributed by atoms with E-state index >= 15 is 0 Å². The molecule has 38 heavy (non-hydrogen) atoms. The molecule has 1 fully saturated rings. The van der Waals surface area contributed by atoms with Gasteiger partial charge in [0.1, 0.15) is 24.7 Å². The van der Waals surface area contributed by atoms with Gasteiger partial charge in [-0.2, -0.15) is 0 Å². The monoisotopic (exact) mass is 554 g/mol. The molecule has 0 aliphatic carbocycles. The van der Waals surface area contributed by atoms with Gasteiger partial charge in [-0.3, -0.25) is 19.3 Å². The zero-order valence-electron chi connectivity index (χ0n) is 19.9. The maximum Gasteiger partial charge on any atom is 0.339 e. The first-order valence-electron chi connectivity index (χ1n) is 11.1. The number of ether oxygens (including phenoxy) is 2. The summed E-state index contributed by atoms with van der Waals surface area (Å²) in [5.41, 5.74) is 1.17. The third-order valence-electron chi connectivity index (χ3n) is 5.38. The van der Waals surface area contributed by atoms with E-state index in [1.165, 1.54) is 37.5 Å². The van der Waals surface area contributed by atoms with Crippen LogP contribution in [0.1, 0.15) is 21.5 Å². The summed E-state index contributed by atoms with van der Waals surface area (Å²) in [4.78, 5) is 50.8. The predicted molar refractivity (Wildman–Crippen MR) is 141 cm³/mol. The van der Waals surface area contributed by atoms with Crippen LogP contribution in [-0.2, 0) is 20.9 Å². The van der Waals surface area contributed by atoms with Gasteiger partial charge in [-0.25, -0.2) is 9.18 Å². The first kappa shape index (κ1) is 26.9. The summed E-state index contributed by atoms with van der Waals surface area (Å²) in [6.07, 6.45) is 1.49. The van der Waals surface area contributed by atoms with Gasteiger partial charge in [-0.15, -0.1) is 0 Å². The van der Waals surface area contributed by atoms with Gasteiger partial charge in [0.05, 0.1) is 22.6 Å². The average molecular weight is 555 g/mol. The molecule has 8 nitrogen and oxygen atoms in total. The van der Waals surface area contributed by atoms with Gasteiger partial charge in [0, 0.05) is 16.8 Å². The van der Waals surface area contributed by atoms with Crippen molar-refractivity contribution >= 4 is 58.1 Å². The highest BCUT2D eigenvalue weighted by molar-refractivity contribution is 8.18. The lowest BCUT2D eigenvalue weighted by Crippen LogP contribution is -2.36. The van der Waals surface area contributed by atoms with E-state index in [9.17, 15) is 23.6 Å². The largest absolute Gasteiger partial charge is 0.488 e. The van der Waals surface area contributed by atoms with E-state index in [-0.39, 0.29) is 27.8 Å². The zero-order valence-corrected chi connectivity index (χ0v) is 21.5. The van der Waals surface area contributed by atoms with E-state index in [0.717, 1.165) is 4.90 Å². The second kappa shape index (κ2) is 11.9. The summed E-state index contributed by atoms with van der Waals surface area (Å²) in [6, 6.07) is 17.3. The van der Waals surface area contributed by atoms with E-state index in [0.29, 0.717) is 28.6 Å². The van der Waals surface area contributed by atoms with Crippen molar-refractivity contribution in [1.82, 2.24) is 4.90 Å². The lowest BCUT2D eigenvalue weighted by atomic mass is 10.1. The number of benzene rings is 3. The molecule has 3 aromatic rings. The Kier molecular flexibility index (Phi) is 8.45. The molecule has 0 spiro atoms. The quantitative estimate of drug-likeness (QED) is 0.289. The predicted octanol–water partition coefficient (Wildman–Crippen LogP) is 5.52. The Labute approximate surface area is 226 Å². The van der Waals surface area contributed by atoms with Gasteiger partial charge < -0.3 is 14.8 Å². The fourth-order valence-corrected chi connectivity index (χ4v) is 4.52. The molecule has 1 aliphatic heterocycles. The minimum Gasteiger partial charge on any atom is -0.488 e. The highest BCUT2D eigenvalue weighted by Gasteiger charge is 2.36. The fraction of sp³-hybridized carbons (Fsp3) is 0.111. The van der Waals surface area contributed by atoms with Crippen molar-refractivity contribution in [1.29, 1.82) is 0 Å². The van der Waals surface area contributed by atoms with Crippen molar-refractivity contribution in [3.63, 3.8) is 0 Å². The number of rotatable bonds is 8. The second-order valence-electron chi connectivity index (χ2n) is 7.92. The Morgan fingerprint density at radius 1 is 1.08 bits per heavy atom. The molecule has 1 saturated heterocycles. The Hall–Kier alpha value is -4.15. The number of imide groups is 1. The zero-order chi connectivity index (χ0) is 27.2. The summed E-state index contributed by atoms with van der Waals surface area (Å²) in [5.74, 6) is -1.99. The Balaban J connectivity index is 1.45. The number of nitrogens with one attached hydrogen (secondary N) is 1. The SMILES string of the molecule is COC(=O)c1cc(NC(=O)CN2C(=O)S/C(=C/c3ccccc3OCc3ccccc3F)C2=O)ccc1Cl. The molecule has 1 N–H and O–H groups in total. The summed E-state index contributed by atoms with van der Waals surface area (Å²) in [7, 11) is 1.20. The van der Waals surface area contributed by atoms with Crippen LogP contribution in [0.2, 0.25) is 5.02 Å². The van der Waals surface area contributed by atoms with Crippen molar-refractivity contribution in [2.75, 3.05) is 19.0 Å². The van der Waals surface area contributed by atoms with Gasteiger partial charge in [0.15, 0.2) is 0 Å². The minimum absolute atomic E-state index is 0.0262. The molecule has 0 aromatic heterocycles. The molecular formula is C27H20ClFN2O6S. The van der Waals surface area contributed by atoms with Crippen molar-refractivity contribution < 1.29 is 33.0 Å².